The lowest BCUT2D eigenvalue weighted by Gasteiger charge is -2.15. The second-order valence-electron chi connectivity index (χ2n) is 7.29. The standard InChI is InChI=1S/C12H14BrN3O3S.C7H4BrClN2O2S.H2S/c1-19-10-4-5-15(8-10)20(17,18)12-6-14-11-3-2-9(13)7-16(11)12;8-5-1-2-6-10-3-7(11(6)4-5)14(9,12)13;/h2-3,6-7,10H,4-5,8H2,1H3;1-4H;1H2/t10-;;/m0../s1. The molecule has 0 unspecified atom stereocenters. The SMILES string of the molecule is CO[C@H]1CCN(S(=O)(=O)c2cnc3ccc(Br)cn23)C1.O=S(=O)(Cl)c1cnc2ccc(Br)cn12.S. The normalized spacial score (nSPS) is 16.7. The van der Waals surface area contributed by atoms with Crippen molar-refractivity contribution in [2.24, 2.45) is 0 Å². The summed E-state index contributed by atoms with van der Waals surface area (Å²) in [5.74, 6) is 0. The zero-order valence-corrected chi connectivity index (χ0v) is 24.6. The number of hydrogen-bond donors (Lipinski definition) is 0. The van der Waals surface area contributed by atoms with Crippen LogP contribution in [0.25, 0.3) is 11.3 Å². The van der Waals surface area contributed by atoms with Crippen LogP contribution in [-0.2, 0) is 23.8 Å². The Kier molecular flexibility index (Phi) is 8.95. The van der Waals surface area contributed by atoms with Gasteiger partial charge in [-0.1, -0.05) is 0 Å². The second kappa shape index (κ2) is 11.0. The summed E-state index contributed by atoms with van der Waals surface area (Å²) in [5, 5.41) is 0.154. The Morgan fingerprint density at radius 3 is 1.94 bits per heavy atom. The van der Waals surface area contributed by atoms with Crippen molar-refractivity contribution in [2.45, 2.75) is 22.6 Å². The van der Waals surface area contributed by atoms with Crippen molar-refractivity contribution >= 4 is 86.4 Å². The first-order valence-electron chi connectivity index (χ1n) is 9.73. The molecule has 5 heterocycles. The molecule has 1 atom stereocenters. The van der Waals surface area contributed by atoms with Gasteiger partial charge in [0.2, 0.25) is 0 Å². The fraction of sp³-hybridized carbons (Fsp3) is 0.263. The molecule has 0 aromatic carbocycles. The van der Waals surface area contributed by atoms with Crippen LogP contribution < -0.4 is 0 Å². The quantitative estimate of drug-likeness (QED) is 0.301. The molecule has 1 fully saturated rings. The van der Waals surface area contributed by atoms with E-state index in [0.29, 0.717) is 24.4 Å². The van der Waals surface area contributed by atoms with E-state index >= 15 is 0 Å². The van der Waals surface area contributed by atoms with Gasteiger partial charge in [-0.2, -0.15) is 17.8 Å². The van der Waals surface area contributed by atoms with Gasteiger partial charge in [0.15, 0.2) is 10.1 Å². The van der Waals surface area contributed by atoms with Crippen molar-refractivity contribution in [3.8, 4) is 0 Å². The fourth-order valence-electron chi connectivity index (χ4n) is 3.48. The first-order valence-corrected chi connectivity index (χ1v) is 15.1. The molecule has 16 heteroatoms. The minimum Gasteiger partial charge on any atom is -0.380 e. The van der Waals surface area contributed by atoms with Crippen LogP contribution in [0.1, 0.15) is 6.42 Å². The van der Waals surface area contributed by atoms with Gasteiger partial charge in [0.1, 0.15) is 11.3 Å². The van der Waals surface area contributed by atoms with E-state index in [1.807, 2.05) is 6.07 Å². The minimum absolute atomic E-state index is 0. The molecule has 0 spiro atoms. The predicted molar refractivity (Wildman–Crippen MR) is 143 cm³/mol. The third-order valence-electron chi connectivity index (χ3n) is 5.17. The average molecular weight is 690 g/mol. The molecule has 5 rings (SSSR count). The number of ether oxygens (including phenoxy) is 1. The Morgan fingerprint density at radius 2 is 1.46 bits per heavy atom. The number of hydrogen-bond acceptors (Lipinski definition) is 7. The van der Waals surface area contributed by atoms with Crippen molar-refractivity contribution in [2.75, 3.05) is 20.2 Å². The molecule has 0 saturated carbocycles. The van der Waals surface area contributed by atoms with Gasteiger partial charge in [0, 0.05) is 52.2 Å². The highest BCUT2D eigenvalue weighted by molar-refractivity contribution is 9.10. The van der Waals surface area contributed by atoms with Crippen LogP contribution in [0.15, 0.2) is 68.1 Å². The van der Waals surface area contributed by atoms with E-state index < -0.39 is 19.1 Å². The highest BCUT2D eigenvalue weighted by Crippen LogP contribution is 2.24. The zero-order valence-electron chi connectivity index (χ0n) is 18.0. The van der Waals surface area contributed by atoms with Crippen molar-refractivity contribution in [1.29, 1.82) is 0 Å². The molecule has 0 aliphatic carbocycles. The summed E-state index contributed by atoms with van der Waals surface area (Å²) < 4.78 is 58.8. The number of pyridine rings is 2. The molecule has 0 amide bonds. The third-order valence-corrected chi connectivity index (χ3v) is 9.22. The van der Waals surface area contributed by atoms with Crippen molar-refractivity contribution < 1.29 is 21.6 Å². The van der Waals surface area contributed by atoms with Gasteiger partial charge in [-0.25, -0.2) is 26.8 Å². The highest BCUT2D eigenvalue weighted by Gasteiger charge is 2.34. The summed E-state index contributed by atoms with van der Waals surface area (Å²) in [7, 11) is -0.469. The highest BCUT2D eigenvalue weighted by atomic mass is 79.9. The molecule has 0 radical (unpaired) electrons. The van der Waals surface area contributed by atoms with Crippen LogP contribution in [0.5, 0.6) is 0 Å². The zero-order chi connectivity index (χ0) is 24.7. The number of fused-ring (bicyclic) bond motifs is 2. The summed E-state index contributed by atoms with van der Waals surface area (Å²) in [6, 6.07) is 7.06. The van der Waals surface area contributed by atoms with E-state index in [-0.39, 0.29) is 29.7 Å². The van der Waals surface area contributed by atoms with Crippen LogP contribution >= 0.6 is 56.0 Å². The molecule has 35 heavy (non-hydrogen) atoms. The Bertz CT molecular complexity index is 1580. The second-order valence-corrected chi connectivity index (χ2v) is 13.5. The van der Waals surface area contributed by atoms with Gasteiger partial charge in [-0.15, -0.1) is 0 Å². The van der Waals surface area contributed by atoms with Crippen molar-refractivity contribution in [3.05, 3.63) is 58.0 Å². The lowest BCUT2D eigenvalue weighted by atomic mass is 10.3. The van der Waals surface area contributed by atoms with Gasteiger partial charge < -0.3 is 4.74 Å². The van der Waals surface area contributed by atoms with E-state index in [4.69, 9.17) is 15.4 Å². The number of rotatable bonds is 4. The molecule has 1 aliphatic heterocycles. The molecule has 0 bridgehead atoms. The topological polar surface area (TPSA) is 115 Å². The van der Waals surface area contributed by atoms with E-state index in [2.05, 4.69) is 41.8 Å². The monoisotopic (exact) mass is 687 g/mol. The predicted octanol–water partition coefficient (Wildman–Crippen LogP) is 3.64. The Morgan fingerprint density at radius 1 is 0.943 bits per heavy atom. The maximum Gasteiger partial charge on any atom is 0.278 e. The van der Waals surface area contributed by atoms with Crippen LogP contribution in [0.4, 0.5) is 0 Å². The number of imidazole rings is 2. The summed E-state index contributed by atoms with van der Waals surface area (Å²) in [6.07, 6.45) is 6.62. The van der Waals surface area contributed by atoms with Crippen LogP contribution in [0.3, 0.4) is 0 Å². The van der Waals surface area contributed by atoms with Crippen molar-refractivity contribution in [3.63, 3.8) is 0 Å². The number of methoxy groups -OCH3 is 1. The Balaban J connectivity index is 0.000000202. The molecule has 4 aromatic rings. The number of halogens is 3. The first-order chi connectivity index (χ1) is 16.0. The van der Waals surface area contributed by atoms with E-state index in [1.165, 1.54) is 21.1 Å². The third kappa shape index (κ3) is 6.04. The molecule has 1 saturated heterocycles. The van der Waals surface area contributed by atoms with Gasteiger partial charge in [0.25, 0.3) is 19.1 Å². The molecular formula is C19H20Br2ClN5O5S3. The van der Waals surface area contributed by atoms with Gasteiger partial charge >= 0.3 is 0 Å². The lowest BCUT2D eigenvalue weighted by molar-refractivity contribution is 0.115. The molecule has 10 nitrogen and oxygen atoms in total. The largest absolute Gasteiger partial charge is 0.380 e. The number of sulfonamides is 1. The first kappa shape index (κ1) is 28.4. The maximum absolute atomic E-state index is 12.7. The smallest absolute Gasteiger partial charge is 0.278 e. The van der Waals surface area contributed by atoms with Gasteiger partial charge in [-0.3, -0.25) is 8.80 Å². The van der Waals surface area contributed by atoms with Crippen LogP contribution in [-0.4, -0.2) is 66.2 Å². The van der Waals surface area contributed by atoms with Crippen LogP contribution in [0.2, 0.25) is 0 Å². The van der Waals surface area contributed by atoms with E-state index in [1.54, 1.807) is 42.1 Å². The lowest BCUT2D eigenvalue weighted by Crippen LogP contribution is -2.30. The summed E-state index contributed by atoms with van der Waals surface area (Å²) in [5.41, 5.74) is 1.14. The molecule has 190 valence electrons. The molecular weight excluding hydrogens is 670 g/mol. The van der Waals surface area contributed by atoms with Crippen LogP contribution in [0, 0.1) is 0 Å². The molecule has 4 aromatic heterocycles. The van der Waals surface area contributed by atoms with E-state index in [0.717, 1.165) is 15.4 Å². The number of nitrogens with zero attached hydrogens (tertiary/aromatic N) is 5. The van der Waals surface area contributed by atoms with Crippen molar-refractivity contribution in [1.82, 2.24) is 23.1 Å². The van der Waals surface area contributed by atoms with Gasteiger partial charge in [-0.05, 0) is 62.5 Å². The summed E-state index contributed by atoms with van der Waals surface area (Å²) in [4.78, 5) is 8.05. The average Bonchev–Trinajstić information content (AvgIpc) is 3.51. The fourth-order valence-corrected chi connectivity index (χ4v) is 6.61. The maximum atomic E-state index is 12.7. The Labute approximate surface area is 230 Å². The molecule has 1 aliphatic rings. The minimum atomic E-state index is -3.75. The Hall–Kier alpha value is -1.20. The summed E-state index contributed by atoms with van der Waals surface area (Å²) >= 11 is 6.58. The number of aromatic nitrogens is 4. The van der Waals surface area contributed by atoms with E-state index in [9.17, 15) is 16.8 Å². The van der Waals surface area contributed by atoms with Gasteiger partial charge in [0.05, 0.1) is 18.5 Å². The summed E-state index contributed by atoms with van der Waals surface area (Å²) in [6.45, 7) is 0.863. The molecule has 0 N–H and O–H groups in total.